The van der Waals surface area contributed by atoms with E-state index in [0.29, 0.717) is 10.9 Å². The lowest BCUT2D eigenvalue weighted by Gasteiger charge is -2.12. The number of thiophene rings is 1. The Bertz CT molecular complexity index is 1290. The fraction of sp³-hybridized carbons (Fsp3) is 0.0500. The van der Waals surface area contributed by atoms with Crippen LogP contribution in [-0.4, -0.2) is 15.9 Å². The van der Waals surface area contributed by atoms with Gasteiger partial charge in [0, 0.05) is 20.3 Å². The molecular weight excluding hydrogens is 467 g/mol. The zero-order valence-corrected chi connectivity index (χ0v) is 16.9. The van der Waals surface area contributed by atoms with E-state index in [0.717, 1.165) is 26.2 Å². The summed E-state index contributed by atoms with van der Waals surface area (Å²) in [6, 6.07) is 13.2. The van der Waals surface area contributed by atoms with Crippen molar-refractivity contribution in [1.82, 2.24) is 9.66 Å². The van der Waals surface area contributed by atoms with Gasteiger partial charge in [-0.05, 0) is 46.3 Å². The lowest BCUT2D eigenvalue weighted by atomic mass is 10.1. The van der Waals surface area contributed by atoms with Crippen LogP contribution in [0, 0.1) is 0 Å². The molecule has 4 nitrogen and oxygen atoms in total. The van der Waals surface area contributed by atoms with Crippen LogP contribution >= 0.6 is 27.3 Å². The van der Waals surface area contributed by atoms with E-state index < -0.39 is 17.3 Å². The number of nitrogens with zero attached hydrogens (tertiary/aromatic N) is 3. The van der Waals surface area contributed by atoms with E-state index in [2.05, 4.69) is 26.0 Å². The van der Waals surface area contributed by atoms with Gasteiger partial charge in [0.1, 0.15) is 0 Å². The summed E-state index contributed by atoms with van der Waals surface area (Å²) in [5, 5.41) is 6.42. The molecule has 146 valence electrons. The second-order valence-electron chi connectivity index (χ2n) is 6.06. The van der Waals surface area contributed by atoms with Crippen LogP contribution in [0.4, 0.5) is 13.2 Å². The van der Waals surface area contributed by atoms with Crippen molar-refractivity contribution in [3.05, 3.63) is 85.2 Å². The number of benzene rings is 2. The van der Waals surface area contributed by atoms with Crippen molar-refractivity contribution < 1.29 is 13.2 Å². The molecule has 0 saturated carbocycles. The minimum absolute atomic E-state index is 0.0340. The highest BCUT2D eigenvalue weighted by Crippen LogP contribution is 2.32. The number of hydrogen-bond acceptors (Lipinski definition) is 4. The molecule has 0 aliphatic carbocycles. The van der Waals surface area contributed by atoms with Crippen molar-refractivity contribution in [1.29, 1.82) is 0 Å². The summed E-state index contributed by atoms with van der Waals surface area (Å²) < 4.78 is 41.4. The Morgan fingerprint density at radius 2 is 1.90 bits per heavy atom. The van der Waals surface area contributed by atoms with Crippen molar-refractivity contribution >= 4 is 44.4 Å². The Hall–Kier alpha value is -2.78. The Kier molecular flexibility index (Phi) is 5.10. The molecule has 29 heavy (non-hydrogen) atoms. The van der Waals surface area contributed by atoms with Crippen LogP contribution in [0.5, 0.6) is 0 Å². The van der Waals surface area contributed by atoms with Crippen molar-refractivity contribution in [2.75, 3.05) is 0 Å². The van der Waals surface area contributed by atoms with E-state index in [9.17, 15) is 18.0 Å². The van der Waals surface area contributed by atoms with E-state index in [1.807, 2.05) is 11.4 Å². The lowest BCUT2D eigenvalue weighted by molar-refractivity contribution is -0.137. The molecule has 0 aliphatic rings. The molecule has 2 heterocycles. The van der Waals surface area contributed by atoms with Crippen molar-refractivity contribution in [2.24, 2.45) is 5.10 Å². The molecule has 0 bridgehead atoms. The van der Waals surface area contributed by atoms with E-state index in [4.69, 9.17) is 0 Å². The van der Waals surface area contributed by atoms with E-state index >= 15 is 0 Å². The topological polar surface area (TPSA) is 47.2 Å². The third kappa shape index (κ3) is 4.01. The molecule has 9 heteroatoms. The van der Waals surface area contributed by atoms with E-state index in [1.165, 1.54) is 29.7 Å². The first-order valence-electron chi connectivity index (χ1n) is 8.31. The van der Waals surface area contributed by atoms with Gasteiger partial charge in [-0.2, -0.15) is 22.9 Å². The quantitative estimate of drug-likeness (QED) is 0.350. The van der Waals surface area contributed by atoms with Gasteiger partial charge in [-0.25, -0.2) is 4.98 Å². The highest BCUT2D eigenvalue weighted by atomic mass is 79.9. The second-order valence-corrected chi connectivity index (χ2v) is 7.92. The highest BCUT2D eigenvalue weighted by molar-refractivity contribution is 9.10. The van der Waals surface area contributed by atoms with Gasteiger partial charge in [-0.15, -0.1) is 11.3 Å². The molecule has 0 unspecified atom stereocenters. The van der Waals surface area contributed by atoms with Crippen LogP contribution in [0.15, 0.2) is 74.3 Å². The smallest absolute Gasteiger partial charge is 0.267 e. The fourth-order valence-corrected chi connectivity index (χ4v) is 4.06. The van der Waals surface area contributed by atoms with E-state index in [1.54, 1.807) is 24.3 Å². The fourth-order valence-electron chi connectivity index (χ4n) is 2.76. The van der Waals surface area contributed by atoms with Gasteiger partial charge in [0.05, 0.1) is 22.7 Å². The first-order valence-corrected chi connectivity index (χ1v) is 9.98. The molecule has 2 aromatic heterocycles. The Morgan fingerprint density at radius 1 is 1.10 bits per heavy atom. The molecule has 4 rings (SSSR count). The predicted octanol–water partition coefficient (Wildman–Crippen LogP) is 5.79. The molecule has 4 aromatic rings. The first-order chi connectivity index (χ1) is 13.8. The van der Waals surface area contributed by atoms with Gasteiger partial charge in [0.2, 0.25) is 0 Å². The molecule has 0 radical (unpaired) electrons. The average Bonchev–Trinajstić information content (AvgIpc) is 3.12. The summed E-state index contributed by atoms with van der Waals surface area (Å²) in [6.45, 7) is 0. The summed E-state index contributed by atoms with van der Waals surface area (Å²) in [5.74, 6) is 0.0340. The van der Waals surface area contributed by atoms with Crippen molar-refractivity contribution in [3.8, 4) is 11.4 Å². The van der Waals surface area contributed by atoms with Gasteiger partial charge >= 0.3 is 6.18 Å². The number of halogens is 4. The normalized spacial score (nSPS) is 12.1. The predicted molar refractivity (Wildman–Crippen MR) is 111 cm³/mol. The van der Waals surface area contributed by atoms with Crippen LogP contribution in [0.2, 0.25) is 0 Å². The summed E-state index contributed by atoms with van der Waals surface area (Å²) in [6.07, 6.45) is -3.03. The number of fused-ring (bicyclic) bond motifs is 1. The van der Waals surface area contributed by atoms with Crippen molar-refractivity contribution in [3.63, 3.8) is 0 Å². The second kappa shape index (κ2) is 7.57. The zero-order valence-electron chi connectivity index (χ0n) is 14.5. The number of alkyl halides is 3. The monoisotopic (exact) mass is 477 g/mol. The van der Waals surface area contributed by atoms with Gasteiger partial charge in [0.25, 0.3) is 5.56 Å². The van der Waals surface area contributed by atoms with E-state index in [-0.39, 0.29) is 11.4 Å². The molecule has 0 spiro atoms. The molecule has 2 aromatic carbocycles. The molecule has 0 fully saturated rings. The number of para-hydroxylation sites is 1. The number of hydrogen-bond donors (Lipinski definition) is 0. The maximum Gasteiger partial charge on any atom is 0.416 e. The average molecular weight is 478 g/mol. The minimum atomic E-state index is -4.51. The molecule has 0 amide bonds. The van der Waals surface area contributed by atoms with Crippen LogP contribution in [-0.2, 0) is 6.18 Å². The molecule has 0 aliphatic heterocycles. The summed E-state index contributed by atoms with van der Waals surface area (Å²) >= 11 is 4.75. The van der Waals surface area contributed by atoms with Gasteiger partial charge in [-0.1, -0.05) is 24.3 Å². The molecule has 0 atom stereocenters. The Labute approximate surface area is 175 Å². The number of rotatable bonds is 3. The van der Waals surface area contributed by atoms with Crippen LogP contribution in [0.3, 0.4) is 0 Å². The van der Waals surface area contributed by atoms with Gasteiger partial charge < -0.3 is 0 Å². The highest BCUT2D eigenvalue weighted by Gasteiger charge is 2.30. The Balaban J connectivity index is 1.95. The third-order valence-corrected chi connectivity index (χ3v) is 5.72. The molecular formula is C20H11BrF3N3OS. The number of aromatic nitrogens is 2. The lowest BCUT2D eigenvalue weighted by Crippen LogP contribution is -2.20. The van der Waals surface area contributed by atoms with Crippen LogP contribution in [0.1, 0.15) is 10.4 Å². The third-order valence-electron chi connectivity index (χ3n) is 4.09. The van der Waals surface area contributed by atoms with Crippen LogP contribution < -0.4 is 5.56 Å². The molecule has 0 saturated heterocycles. The SMILES string of the molecule is O=c1c2ccccc2nc(-c2cccc(C(F)(F)F)c2)n1N=Cc1cc(Br)cs1. The Morgan fingerprint density at radius 3 is 2.62 bits per heavy atom. The zero-order chi connectivity index (χ0) is 20.6. The largest absolute Gasteiger partial charge is 0.416 e. The summed E-state index contributed by atoms with van der Waals surface area (Å²) in [7, 11) is 0. The summed E-state index contributed by atoms with van der Waals surface area (Å²) in [4.78, 5) is 18.2. The summed E-state index contributed by atoms with van der Waals surface area (Å²) in [5.41, 5.74) is -0.757. The first kappa shape index (κ1) is 19.5. The van der Waals surface area contributed by atoms with Crippen molar-refractivity contribution in [2.45, 2.75) is 6.18 Å². The standard InChI is InChI=1S/C20H11BrF3N3OS/c21-14-9-15(29-11-14)10-25-27-18(12-4-3-5-13(8-12)20(22,23)24)26-17-7-2-1-6-16(17)19(27)28/h1-11H. The molecule has 0 N–H and O–H groups in total. The van der Waals surface area contributed by atoms with Gasteiger partial charge in [0.15, 0.2) is 5.82 Å². The maximum atomic E-state index is 13.2. The maximum absolute atomic E-state index is 13.2. The van der Waals surface area contributed by atoms with Gasteiger partial charge in [-0.3, -0.25) is 4.79 Å². The minimum Gasteiger partial charge on any atom is -0.267 e. The van der Waals surface area contributed by atoms with Crippen LogP contribution in [0.25, 0.3) is 22.3 Å².